The molecule has 104 valence electrons. The van der Waals surface area contributed by atoms with Crippen LogP contribution in [-0.4, -0.2) is 45.5 Å². The number of carbonyl (C=O) groups excluding carboxylic acids is 1. The maximum absolute atomic E-state index is 12.1. The maximum Gasteiger partial charge on any atom is 0.326 e. The van der Waals surface area contributed by atoms with E-state index in [2.05, 4.69) is 0 Å². The molecule has 0 spiro atoms. The van der Waals surface area contributed by atoms with Gasteiger partial charge in [0.15, 0.2) is 5.76 Å². The number of furan rings is 1. The summed E-state index contributed by atoms with van der Waals surface area (Å²) in [6, 6.07) is 1.76. The highest BCUT2D eigenvalue weighted by atomic mass is 16.4. The number of nitrogens with zero attached hydrogens (tertiary/aromatic N) is 1. The lowest BCUT2D eigenvalue weighted by molar-refractivity contribution is -0.145. The van der Waals surface area contributed by atoms with Crippen LogP contribution in [0.15, 0.2) is 22.8 Å². The van der Waals surface area contributed by atoms with Crippen LogP contribution in [0, 0.1) is 5.92 Å². The van der Waals surface area contributed by atoms with Crippen LogP contribution in [0.1, 0.15) is 24.4 Å². The van der Waals surface area contributed by atoms with Crippen LogP contribution in [-0.2, 0) is 9.59 Å². The van der Waals surface area contributed by atoms with Crippen LogP contribution in [0.25, 0.3) is 0 Å². The van der Waals surface area contributed by atoms with Crippen molar-refractivity contribution in [1.82, 2.24) is 4.90 Å². The molecule has 0 fully saturated rings. The molecule has 0 saturated carbocycles. The Bertz CT molecular complexity index is 467. The van der Waals surface area contributed by atoms with Crippen LogP contribution in [0.3, 0.4) is 0 Å². The molecule has 0 aliphatic rings. The quantitative estimate of drug-likeness (QED) is 0.794. The van der Waals surface area contributed by atoms with Gasteiger partial charge in [0.25, 0.3) is 5.91 Å². The topological polar surface area (TPSA) is 108 Å². The van der Waals surface area contributed by atoms with Gasteiger partial charge in [0, 0.05) is 6.54 Å². The van der Waals surface area contributed by atoms with Crippen molar-refractivity contribution in [2.24, 2.45) is 5.92 Å². The first-order valence-electron chi connectivity index (χ1n) is 5.64. The average molecular weight is 269 g/mol. The Balaban J connectivity index is 2.95. The van der Waals surface area contributed by atoms with Crippen LogP contribution >= 0.6 is 0 Å². The summed E-state index contributed by atoms with van der Waals surface area (Å²) >= 11 is 0. The first kappa shape index (κ1) is 14.7. The van der Waals surface area contributed by atoms with Crippen LogP contribution in [0.5, 0.6) is 0 Å². The van der Waals surface area contributed by atoms with E-state index in [0.29, 0.717) is 0 Å². The van der Waals surface area contributed by atoms with Crippen LogP contribution in [0.4, 0.5) is 0 Å². The lowest BCUT2D eigenvalue weighted by atomic mass is 10.1. The summed E-state index contributed by atoms with van der Waals surface area (Å²) in [7, 11) is 0. The van der Waals surface area contributed by atoms with E-state index in [1.54, 1.807) is 0 Å². The molecule has 0 saturated heterocycles. The Morgan fingerprint density at radius 1 is 1.26 bits per heavy atom. The summed E-state index contributed by atoms with van der Waals surface area (Å²) < 4.78 is 4.92. The number of carboxylic acid groups (broad SMARTS) is 2. The summed E-state index contributed by atoms with van der Waals surface area (Å²) in [5.74, 6) is -3.85. The molecule has 1 aromatic heterocycles. The van der Waals surface area contributed by atoms with E-state index >= 15 is 0 Å². The Hall–Kier alpha value is -2.31. The number of hydrogen-bond acceptors (Lipinski definition) is 4. The summed E-state index contributed by atoms with van der Waals surface area (Å²) in [5, 5.41) is 17.8. The SMILES string of the molecule is CC(CN(C(=O)c1ccco1)C(C)C(=O)O)C(=O)O. The predicted octanol–water partition coefficient (Wildman–Crippen LogP) is 0.916. The molecular formula is C12H15NO6. The van der Waals surface area contributed by atoms with Crippen molar-refractivity contribution in [1.29, 1.82) is 0 Å². The second-order valence-electron chi connectivity index (χ2n) is 4.19. The number of hydrogen-bond donors (Lipinski definition) is 2. The first-order chi connectivity index (χ1) is 8.84. The summed E-state index contributed by atoms with van der Waals surface area (Å²) in [6.45, 7) is 2.51. The van der Waals surface area contributed by atoms with Crippen molar-refractivity contribution in [2.45, 2.75) is 19.9 Å². The van der Waals surface area contributed by atoms with E-state index in [9.17, 15) is 14.4 Å². The van der Waals surface area contributed by atoms with Crippen molar-refractivity contribution >= 4 is 17.8 Å². The standard InChI is InChI=1S/C12H15NO6/c1-7(11(15)16)6-13(8(2)12(17)18)10(14)9-4-3-5-19-9/h3-5,7-8H,6H2,1-2H3,(H,15,16)(H,17,18). The number of carboxylic acids is 2. The fourth-order valence-corrected chi connectivity index (χ4v) is 1.47. The van der Waals surface area contributed by atoms with E-state index in [1.807, 2.05) is 0 Å². The van der Waals surface area contributed by atoms with Gasteiger partial charge >= 0.3 is 11.9 Å². The highest BCUT2D eigenvalue weighted by molar-refractivity contribution is 5.94. The van der Waals surface area contributed by atoms with Gasteiger partial charge in [-0.3, -0.25) is 9.59 Å². The Morgan fingerprint density at radius 2 is 1.89 bits per heavy atom. The molecule has 2 unspecified atom stereocenters. The van der Waals surface area contributed by atoms with Gasteiger partial charge in [0.1, 0.15) is 6.04 Å². The minimum Gasteiger partial charge on any atom is -0.481 e. The second kappa shape index (κ2) is 6.03. The van der Waals surface area contributed by atoms with Crippen molar-refractivity contribution in [3.63, 3.8) is 0 Å². The molecule has 1 amide bonds. The lowest BCUT2D eigenvalue weighted by Crippen LogP contribution is -2.46. The molecule has 2 atom stereocenters. The normalized spacial score (nSPS) is 13.6. The number of aliphatic carboxylic acids is 2. The van der Waals surface area contributed by atoms with E-state index in [4.69, 9.17) is 14.6 Å². The third kappa shape index (κ3) is 3.57. The highest BCUT2D eigenvalue weighted by Gasteiger charge is 2.30. The molecule has 0 aliphatic carbocycles. The smallest absolute Gasteiger partial charge is 0.326 e. The third-order valence-electron chi connectivity index (χ3n) is 2.71. The van der Waals surface area contributed by atoms with Crippen LogP contribution < -0.4 is 0 Å². The number of amides is 1. The largest absolute Gasteiger partial charge is 0.481 e. The molecule has 2 N–H and O–H groups in total. The van der Waals surface area contributed by atoms with Gasteiger partial charge in [-0.2, -0.15) is 0 Å². The zero-order valence-electron chi connectivity index (χ0n) is 10.6. The van der Waals surface area contributed by atoms with E-state index < -0.39 is 29.8 Å². The van der Waals surface area contributed by atoms with Crippen LogP contribution in [0.2, 0.25) is 0 Å². The maximum atomic E-state index is 12.1. The third-order valence-corrected chi connectivity index (χ3v) is 2.71. The highest BCUT2D eigenvalue weighted by Crippen LogP contribution is 2.12. The van der Waals surface area contributed by atoms with Gasteiger partial charge in [0.2, 0.25) is 0 Å². The fraction of sp³-hybridized carbons (Fsp3) is 0.417. The fourth-order valence-electron chi connectivity index (χ4n) is 1.47. The molecule has 7 heteroatoms. The van der Waals surface area contributed by atoms with Gasteiger partial charge in [-0.15, -0.1) is 0 Å². The Morgan fingerprint density at radius 3 is 2.32 bits per heavy atom. The van der Waals surface area contributed by atoms with Gasteiger partial charge in [-0.05, 0) is 19.1 Å². The molecule has 19 heavy (non-hydrogen) atoms. The Labute approximate surface area is 109 Å². The molecule has 0 bridgehead atoms. The molecule has 1 heterocycles. The van der Waals surface area contributed by atoms with Crippen molar-refractivity contribution in [2.75, 3.05) is 6.54 Å². The number of carbonyl (C=O) groups is 3. The van der Waals surface area contributed by atoms with Crippen molar-refractivity contribution < 1.29 is 29.0 Å². The van der Waals surface area contributed by atoms with Gasteiger partial charge < -0.3 is 19.5 Å². The Kier molecular flexibility index (Phi) is 4.68. The first-order valence-corrected chi connectivity index (χ1v) is 5.64. The predicted molar refractivity (Wildman–Crippen MR) is 63.6 cm³/mol. The molecule has 0 radical (unpaired) electrons. The second-order valence-corrected chi connectivity index (χ2v) is 4.19. The molecule has 7 nitrogen and oxygen atoms in total. The molecule has 1 aromatic rings. The zero-order valence-corrected chi connectivity index (χ0v) is 10.6. The lowest BCUT2D eigenvalue weighted by Gasteiger charge is -2.27. The van der Waals surface area contributed by atoms with E-state index in [-0.39, 0.29) is 12.3 Å². The monoisotopic (exact) mass is 269 g/mol. The van der Waals surface area contributed by atoms with E-state index in [1.165, 1.54) is 32.2 Å². The average Bonchev–Trinajstić information content (AvgIpc) is 2.87. The van der Waals surface area contributed by atoms with Crippen molar-refractivity contribution in [3.8, 4) is 0 Å². The van der Waals surface area contributed by atoms with Gasteiger partial charge in [-0.1, -0.05) is 6.92 Å². The summed E-state index contributed by atoms with van der Waals surface area (Å²) in [4.78, 5) is 34.9. The zero-order chi connectivity index (χ0) is 14.6. The molecule has 0 aliphatic heterocycles. The molecular weight excluding hydrogens is 254 g/mol. The van der Waals surface area contributed by atoms with E-state index in [0.717, 1.165) is 4.90 Å². The summed E-state index contributed by atoms with van der Waals surface area (Å²) in [5.41, 5.74) is 0. The molecule has 1 rings (SSSR count). The minimum atomic E-state index is -1.21. The van der Waals surface area contributed by atoms with Gasteiger partial charge in [-0.25, -0.2) is 4.79 Å². The van der Waals surface area contributed by atoms with Crippen molar-refractivity contribution in [3.05, 3.63) is 24.2 Å². The molecule has 0 aromatic carbocycles. The minimum absolute atomic E-state index is 0.0225. The number of rotatable bonds is 6. The summed E-state index contributed by atoms with van der Waals surface area (Å²) in [6.07, 6.45) is 1.29. The van der Waals surface area contributed by atoms with Gasteiger partial charge in [0.05, 0.1) is 12.2 Å².